The number of amides is 1. The topological polar surface area (TPSA) is 87.7 Å². The summed E-state index contributed by atoms with van der Waals surface area (Å²) in [6.07, 6.45) is 2.08. The van der Waals surface area contributed by atoms with E-state index in [1.165, 1.54) is 11.3 Å². The summed E-state index contributed by atoms with van der Waals surface area (Å²) in [6, 6.07) is 14.9. The third-order valence-corrected chi connectivity index (χ3v) is 6.37. The van der Waals surface area contributed by atoms with E-state index in [9.17, 15) is 9.59 Å². The van der Waals surface area contributed by atoms with Crippen LogP contribution in [0.15, 0.2) is 53.3 Å². The molecule has 0 atom stereocenters. The van der Waals surface area contributed by atoms with Gasteiger partial charge in [-0.1, -0.05) is 41.9 Å². The Hall–Kier alpha value is -3.03. The molecule has 0 aliphatic heterocycles. The first-order valence-corrected chi connectivity index (χ1v) is 11.2. The van der Waals surface area contributed by atoms with Crippen LogP contribution >= 0.6 is 22.9 Å². The number of anilines is 1. The van der Waals surface area contributed by atoms with Gasteiger partial charge in [-0.25, -0.2) is 9.97 Å². The van der Waals surface area contributed by atoms with Crippen molar-refractivity contribution in [3.8, 4) is 0 Å². The minimum Gasteiger partial charge on any atom is -0.310 e. The summed E-state index contributed by atoms with van der Waals surface area (Å²) in [7, 11) is 0. The Morgan fingerprint density at radius 3 is 2.74 bits per heavy atom. The molecule has 2 heterocycles. The number of fused-ring (bicyclic) bond motifs is 1. The van der Waals surface area contributed by atoms with Gasteiger partial charge in [-0.3, -0.25) is 9.59 Å². The number of para-hydroxylation sites is 1. The molecular weight excluding hydrogens is 432 g/mol. The number of aryl methyl sites for hydroxylation is 2. The molecule has 0 bridgehead atoms. The quantitative estimate of drug-likeness (QED) is 0.417. The molecule has 0 radical (unpaired) electrons. The number of carbonyl (C=O) groups is 1. The third-order valence-electron chi connectivity index (χ3n) is 4.93. The van der Waals surface area contributed by atoms with Crippen LogP contribution in [0.1, 0.15) is 34.8 Å². The van der Waals surface area contributed by atoms with Gasteiger partial charge in [-0.05, 0) is 37.1 Å². The third kappa shape index (κ3) is 5.18. The van der Waals surface area contributed by atoms with Crippen LogP contribution in [0.4, 0.5) is 5.13 Å². The van der Waals surface area contributed by atoms with Crippen molar-refractivity contribution in [1.82, 2.24) is 15.0 Å². The van der Waals surface area contributed by atoms with E-state index in [0.717, 1.165) is 21.2 Å². The number of nitrogens with zero attached hydrogens (tertiary/aromatic N) is 2. The smallest absolute Gasteiger partial charge is 0.258 e. The summed E-state index contributed by atoms with van der Waals surface area (Å²) < 4.78 is 0. The highest BCUT2D eigenvalue weighted by Crippen LogP contribution is 2.27. The number of hydrogen-bond donors (Lipinski definition) is 2. The van der Waals surface area contributed by atoms with Crippen molar-refractivity contribution in [1.29, 1.82) is 0 Å². The molecule has 4 aromatic rings. The molecule has 8 heteroatoms. The van der Waals surface area contributed by atoms with Crippen molar-refractivity contribution in [2.75, 3.05) is 5.32 Å². The molecule has 2 aromatic carbocycles. The van der Waals surface area contributed by atoms with Crippen molar-refractivity contribution in [2.24, 2.45) is 0 Å². The average molecular weight is 453 g/mol. The second kappa shape index (κ2) is 9.41. The number of benzene rings is 2. The van der Waals surface area contributed by atoms with Crippen LogP contribution in [0, 0.1) is 6.92 Å². The Morgan fingerprint density at radius 2 is 1.90 bits per heavy atom. The van der Waals surface area contributed by atoms with E-state index in [1.807, 2.05) is 49.4 Å². The number of aromatic nitrogens is 3. The van der Waals surface area contributed by atoms with E-state index in [0.29, 0.717) is 47.5 Å². The molecule has 2 aromatic heterocycles. The first-order chi connectivity index (χ1) is 15.0. The van der Waals surface area contributed by atoms with Crippen molar-refractivity contribution in [3.63, 3.8) is 0 Å². The van der Waals surface area contributed by atoms with Gasteiger partial charge >= 0.3 is 0 Å². The molecule has 0 spiro atoms. The number of thiazole rings is 1. The van der Waals surface area contributed by atoms with Gasteiger partial charge in [-0.15, -0.1) is 11.3 Å². The van der Waals surface area contributed by atoms with Crippen molar-refractivity contribution in [2.45, 2.75) is 32.6 Å². The standard InChI is InChI=1S/C23H21ClN4O2S/c1-14-19(13-15-7-2-4-9-17(15)24)31-23(25-14)28-21(29)12-6-11-20-26-18-10-5-3-8-16(18)22(30)27-20/h2-5,7-10H,6,11-13H2,1H3,(H,25,28,29)(H,26,27,30). The van der Waals surface area contributed by atoms with Crippen LogP contribution in [-0.2, 0) is 17.6 Å². The Balaban J connectivity index is 1.33. The maximum Gasteiger partial charge on any atom is 0.258 e. The molecule has 158 valence electrons. The van der Waals surface area contributed by atoms with E-state index >= 15 is 0 Å². The summed E-state index contributed by atoms with van der Waals surface area (Å²) in [4.78, 5) is 37.3. The van der Waals surface area contributed by atoms with E-state index in [2.05, 4.69) is 20.3 Å². The highest BCUT2D eigenvalue weighted by molar-refractivity contribution is 7.15. The molecule has 2 N–H and O–H groups in total. The van der Waals surface area contributed by atoms with Crippen LogP contribution in [0.5, 0.6) is 0 Å². The van der Waals surface area contributed by atoms with Gasteiger partial charge in [0.1, 0.15) is 5.82 Å². The highest BCUT2D eigenvalue weighted by atomic mass is 35.5. The van der Waals surface area contributed by atoms with Gasteiger partial charge in [0.05, 0.1) is 16.6 Å². The van der Waals surface area contributed by atoms with Gasteiger partial charge < -0.3 is 10.3 Å². The number of nitrogens with one attached hydrogen (secondary N) is 2. The number of aromatic amines is 1. The van der Waals surface area contributed by atoms with E-state index in [4.69, 9.17) is 11.6 Å². The first-order valence-electron chi connectivity index (χ1n) is 9.97. The number of hydrogen-bond acceptors (Lipinski definition) is 5. The fraction of sp³-hybridized carbons (Fsp3) is 0.217. The molecule has 31 heavy (non-hydrogen) atoms. The summed E-state index contributed by atoms with van der Waals surface area (Å²) >= 11 is 7.72. The van der Waals surface area contributed by atoms with Crippen LogP contribution in [-0.4, -0.2) is 20.9 Å². The van der Waals surface area contributed by atoms with E-state index < -0.39 is 0 Å². The zero-order valence-electron chi connectivity index (χ0n) is 16.9. The molecule has 0 saturated heterocycles. The molecule has 4 rings (SSSR count). The van der Waals surface area contributed by atoms with E-state index in [-0.39, 0.29) is 11.5 Å². The van der Waals surface area contributed by atoms with Crippen molar-refractivity contribution in [3.05, 3.63) is 85.9 Å². The van der Waals surface area contributed by atoms with Crippen molar-refractivity contribution < 1.29 is 4.79 Å². The fourth-order valence-electron chi connectivity index (χ4n) is 3.31. The summed E-state index contributed by atoms with van der Waals surface area (Å²) in [5, 5.41) is 4.75. The Labute approximate surface area is 188 Å². The second-order valence-corrected chi connectivity index (χ2v) is 8.72. The summed E-state index contributed by atoms with van der Waals surface area (Å²) in [5.41, 5.74) is 2.42. The monoisotopic (exact) mass is 452 g/mol. The predicted molar refractivity (Wildman–Crippen MR) is 125 cm³/mol. The molecule has 1 amide bonds. The Bertz CT molecular complexity index is 1300. The van der Waals surface area contributed by atoms with Crippen LogP contribution in [0.25, 0.3) is 10.9 Å². The Morgan fingerprint density at radius 1 is 1.13 bits per heavy atom. The molecule has 0 aliphatic rings. The second-order valence-electron chi connectivity index (χ2n) is 7.23. The zero-order valence-corrected chi connectivity index (χ0v) is 18.5. The molecule has 0 fully saturated rings. The number of H-pyrrole nitrogens is 1. The molecule has 6 nitrogen and oxygen atoms in total. The number of halogens is 1. The summed E-state index contributed by atoms with van der Waals surface area (Å²) in [6.45, 7) is 1.93. The van der Waals surface area contributed by atoms with Gasteiger partial charge in [0, 0.05) is 29.2 Å². The predicted octanol–water partition coefficient (Wildman–Crippen LogP) is 4.89. The normalized spacial score (nSPS) is 11.0. The molecule has 0 unspecified atom stereocenters. The maximum atomic E-state index is 12.4. The average Bonchev–Trinajstić information content (AvgIpc) is 3.08. The lowest BCUT2D eigenvalue weighted by Crippen LogP contribution is -2.14. The number of carbonyl (C=O) groups excluding carboxylic acids is 1. The van der Waals surface area contributed by atoms with Gasteiger partial charge in [0.2, 0.25) is 5.91 Å². The first kappa shape index (κ1) is 21.2. The highest BCUT2D eigenvalue weighted by Gasteiger charge is 2.12. The lowest BCUT2D eigenvalue weighted by Gasteiger charge is -2.04. The van der Waals surface area contributed by atoms with Gasteiger partial charge in [-0.2, -0.15) is 0 Å². The summed E-state index contributed by atoms with van der Waals surface area (Å²) in [5.74, 6) is 0.477. The van der Waals surface area contributed by atoms with Crippen LogP contribution in [0.3, 0.4) is 0 Å². The number of rotatable bonds is 7. The van der Waals surface area contributed by atoms with Crippen LogP contribution < -0.4 is 10.9 Å². The molecule has 0 saturated carbocycles. The Kier molecular flexibility index (Phi) is 6.44. The van der Waals surface area contributed by atoms with Gasteiger partial charge in [0.25, 0.3) is 5.56 Å². The fourth-order valence-corrected chi connectivity index (χ4v) is 4.52. The SMILES string of the molecule is Cc1nc(NC(=O)CCCc2nc3ccccc3c(=O)[nH]2)sc1Cc1ccccc1Cl. The van der Waals surface area contributed by atoms with Crippen LogP contribution in [0.2, 0.25) is 5.02 Å². The zero-order chi connectivity index (χ0) is 21.8. The lowest BCUT2D eigenvalue weighted by atomic mass is 10.1. The molecular formula is C23H21ClN4O2S. The molecule has 0 aliphatic carbocycles. The lowest BCUT2D eigenvalue weighted by molar-refractivity contribution is -0.116. The van der Waals surface area contributed by atoms with Crippen molar-refractivity contribution >= 4 is 44.9 Å². The minimum absolute atomic E-state index is 0.110. The maximum absolute atomic E-state index is 12.4. The van der Waals surface area contributed by atoms with Gasteiger partial charge in [0.15, 0.2) is 5.13 Å². The minimum atomic E-state index is -0.158. The largest absolute Gasteiger partial charge is 0.310 e. The van der Waals surface area contributed by atoms with E-state index in [1.54, 1.807) is 6.07 Å².